The number of aromatic nitrogens is 1. The monoisotopic (exact) mass is 293 g/mol. The fourth-order valence-corrected chi connectivity index (χ4v) is 4.39. The Morgan fingerprint density at radius 2 is 2.40 bits per heavy atom. The lowest BCUT2D eigenvalue weighted by molar-refractivity contribution is -0.128. The number of carbonyl (C=O) groups excluding carboxylic acids is 1. The van der Waals surface area contributed by atoms with Crippen LogP contribution >= 0.6 is 11.3 Å². The third-order valence-corrected chi connectivity index (χ3v) is 5.60. The van der Waals surface area contributed by atoms with Crippen molar-refractivity contribution in [2.45, 2.75) is 45.4 Å². The zero-order chi connectivity index (χ0) is 14.2. The Morgan fingerprint density at radius 3 is 3.15 bits per heavy atom. The Kier molecular flexibility index (Phi) is 3.82. The molecule has 5 heteroatoms. The molecule has 20 heavy (non-hydrogen) atoms. The molecule has 1 aliphatic carbocycles. The molecule has 0 bridgehead atoms. The summed E-state index contributed by atoms with van der Waals surface area (Å²) in [7, 11) is 0. The van der Waals surface area contributed by atoms with E-state index in [9.17, 15) is 4.79 Å². The fourth-order valence-electron chi connectivity index (χ4n) is 3.52. The molecular formula is C15H23N3OS. The molecule has 2 aliphatic rings. The number of hydrogen-bond donors (Lipinski definition) is 2. The zero-order valence-corrected chi connectivity index (χ0v) is 13.1. The smallest absolute Gasteiger partial charge is 0.233 e. The topological polar surface area (TPSA) is 54.0 Å². The second kappa shape index (κ2) is 5.45. The minimum atomic E-state index is -0.193. The summed E-state index contributed by atoms with van der Waals surface area (Å²) in [6.45, 7) is 6.06. The lowest BCUT2D eigenvalue weighted by Crippen LogP contribution is -2.44. The highest BCUT2D eigenvalue weighted by atomic mass is 32.1. The number of hydrogen-bond acceptors (Lipinski definition) is 4. The SMILES string of the molecule is CC(C)c1csc(NC(=O)[C@@]23CCCC[C@H]2CNC3)n1. The zero-order valence-electron chi connectivity index (χ0n) is 12.2. The van der Waals surface area contributed by atoms with Gasteiger partial charge >= 0.3 is 0 Å². The van der Waals surface area contributed by atoms with Gasteiger partial charge in [0, 0.05) is 11.9 Å². The standard InChI is InChI=1S/C15H23N3OS/c1-10(2)12-8-20-14(17-12)18-13(19)15-6-4-3-5-11(15)7-16-9-15/h8,10-11,16H,3-7,9H2,1-2H3,(H,17,18,19)/t11-,15+/m0/s1. The molecule has 2 heterocycles. The maximum absolute atomic E-state index is 12.8. The number of anilines is 1. The van der Waals surface area contributed by atoms with Crippen molar-refractivity contribution in [3.8, 4) is 0 Å². The average Bonchev–Trinajstić information content (AvgIpc) is 3.04. The highest BCUT2D eigenvalue weighted by Gasteiger charge is 2.49. The third-order valence-electron chi connectivity index (χ3n) is 4.82. The van der Waals surface area contributed by atoms with E-state index in [0.29, 0.717) is 11.8 Å². The van der Waals surface area contributed by atoms with E-state index in [2.05, 4.69) is 29.5 Å². The normalized spacial score (nSPS) is 29.4. The van der Waals surface area contributed by atoms with Crippen molar-refractivity contribution in [1.29, 1.82) is 0 Å². The van der Waals surface area contributed by atoms with Gasteiger partial charge < -0.3 is 10.6 Å². The maximum atomic E-state index is 12.8. The van der Waals surface area contributed by atoms with E-state index < -0.39 is 0 Å². The number of amides is 1. The molecule has 0 spiro atoms. The first-order valence-corrected chi connectivity index (χ1v) is 8.47. The molecule has 3 rings (SSSR count). The molecule has 0 aromatic carbocycles. The van der Waals surface area contributed by atoms with E-state index in [1.807, 2.05) is 5.38 Å². The van der Waals surface area contributed by atoms with Gasteiger partial charge in [0.15, 0.2) is 5.13 Å². The molecule has 0 radical (unpaired) electrons. The molecule has 1 saturated carbocycles. The van der Waals surface area contributed by atoms with Crippen LogP contribution in [0.2, 0.25) is 0 Å². The number of carbonyl (C=O) groups is 1. The van der Waals surface area contributed by atoms with Crippen LogP contribution in [0.4, 0.5) is 5.13 Å². The predicted octanol–water partition coefficient (Wildman–Crippen LogP) is 2.98. The van der Waals surface area contributed by atoms with Crippen molar-refractivity contribution >= 4 is 22.4 Å². The summed E-state index contributed by atoms with van der Waals surface area (Å²) in [5.41, 5.74) is 0.870. The number of rotatable bonds is 3. The molecule has 1 amide bonds. The van der Waals surface area contributed by atoms with Gasteiger partial charge in [-0.3, -0.25) is 4.79 Å². The molecule has 1 aromatic rings. The molecule has 1 saturated heterocycles. The summed E-state index contributed by atoms with van der Waals surface area (Å²) in [4.78, 5) is 17.3. The maximum Gasteiger partial charge on any atom is 0.233 e. The molecule has 4 nitrogen and oxygen atoms in total. The van der Waals surface area contributed by atoms with E-state index >= 15 is 0 Å². The minimum absolute atomic E-state index is 0.178. The van der Waals surface area contributed by atoms with Gasteiger partial charge in [0.2, 0.25) is 5.91 Å². The number of fused-ring (bicyclic) bond motifs is 1. The van der Waals surface area contributed by atoms with Crippen molar-refractivity contribution in [1.82, 2.24) is 10.3 Å². The summed E-state index contributed by atoms with van der Waals surface area (Å²) in [5, 5.41) is 9.29. The van der Waals surface area contributed by atoms with Gasteiger partial charge in [-0.25, -0.2) is 4.98 Å². The van der Waals surface area contributed by atoms with Gasteiger partial charge in [0.1, 0.15) is 0 Å². The van der Waals surface area contributed by atoms with Gasteiger partial charge in [0.05, 0.1) is 11.1 Å². The van der Waals surface area contributed by atoms with Crippen LogP contribution in [-0.4, -0.2) is 24.0 Å². The second-order valence-electron chi connectivity index (χ2n) is 6.42. The van der Waals surface area contributed by atoms with Crippen LogP contribution in [0.3, 0.4) is 0 Å². The molecule has 1 aromatic heterocycles. The fraction of sp³-hybridized carbons (Fsp3) is 0.733. The van der Waals surface area contributed by atoms with E-state index in [1.165, 1.54) is 30.6 Å². The highest BCUT2D eigenvalue weighted by molar-refractivity contribution is 7.13. The molecule has 110 valence electrons. The summed E-state index contributed by atoms with van der Waals surface area (Å²) >= 11 is 1.54. The van der Waals surface area contributed by atoms with Gasteiger partial charge in [-0.1, -0.05) is 26.7 Å². The third kappa shape index (κ3) is 2.37. The second-order valence-corrected chi connectivity index (χ2v) is 7.27. The Morgan fingerprint density at radius 1 is 1.55 bits per heavy atom. The Hall–Kier alpha value is -0.940. The van der Waals surface area contributed by atoms with Gasteiger partial charge in [-0.15, -0.1) is 11.3 Å². The lowest BCUT2D eigenvalue weighted by atomic mass is 9.68. The van der Waals surface area contributed by atoms with Crippen LogP contribution in [0.1, 0.15) is 51.1 Å². The number of thiazole rings is 1. The minimum Gasteiger partial charge on any atom is -0.315 e. The summed E-state index contributed by atoms with van der Waals surface area (Å²) in [6.07, 6.45) is 4.62. The average molecular weight is 293 g/mol. The van der Waals surface area contributed by atoms with E-state index in [1.54, 1.807) is 0 Å². The van der Waals surface area contributed by atoms with Crippen LogP contribution < -0.4 is 10.6 Å². The summed E-state index contributed by atoms with van der Waals surface area (Å²) < 4.78 is 0. The van der Waals surface area contributed by atoms with Crippen molar-refractivity contribution in [3.63, 3.8) is 0 Å². The van der Waals surface area contributed by atoms with Gasteiger partial charge in [0.25, 0.3) is 0 Å². The lowest BCUT2D eigenvalue weighted by Gasteiger charge is -2.36. The predicted molar refractivity (Wildman–Crippen MR) is 82.1 cm³/mol. The Labute approximate surface area is 124 Å². The van der Waals surface area contributed by atoms with E-state index in [0.717, 1.165) is 30.3 Å². The summed E-state index contributed by atoms with van der Waals surface area (Å²) in [5.74, 6) is 1.09. The molecule has 2 N–H and O–H groups in total. The number of nitrogens with zero attached hydrogens (tertiary/aromatic N) is 1. The largest absolute Gasteiger partial charge is 0.315 e. The van der Waals surface area contributed by atoms with Crippen LogP contribution in [0.15, 0.2) is 5.38 Å². The first-order chi connectivity index (χ1) is 9.62. The molecular weight excluding hydrogens is 270 g/mol. The first kappa shape index (κ1) is 14.0. The van der Waals surface area contributed by atoms with Gasteiger partial charge in [-0.2, -0.15) is 0 Å². The van der Waals surface area contributed by atoms with Crippen LogP contribution in [0.5, 0.6) is 0 Å². The summed E-state index contributed by atoms with van der Waals surface area (Å²) in [6, 6.07) is 0. The quantitative estimate of drug-likeness (QED) is 0.901. The Balaban J connectivity index is 1.74. The van der Waals surface area contributed by atoms with Crippen LogP contribution in [-0.2, 0) is 4.79 Å². The van der Waals surface area contributed by atoms with E-state index in [4.69, 9.17) is 0 Å². The highest BCUT2D eigenvalue weighted by Crippen LogP contribution is 2.44. The Bertz CT molecular complexity index is 499. The van der Waals surface area contributed by atoms with Gasteiger partial charge in [-0.05, 0) is 31.2 Å². The molecule has 2 fully saturated rings. The molecule has 1 aliphatic heterocycles. The first-order valence-electron chi connectivity index (χ1n) is 7.59. The van der Waals surface area contributed by atoms with Crippen molar-refractivity contribution < 1.29 is 4.79 Å². The van der Waals surface area contributed by atoms with Crippen LogP contribution in [0, 0.1) is 11.3 Å². The van der Waals surface area contributed by atoms with Crippen molar-refractivity contribution in [2.24, 2.45) is 11.3 Å². The van der Waals surface area contributed by atoms with Crippen molar-refractivity contribution in [2.75, 3.05) is 18.4 Å². The molecule has 2 atom stereocenters. The number of nitrogens with one attached hydrogen (secondary N) is 2. The van der Waals surface area contributed by atoms with Crippen molar-refractivity contribution in [3.05, 3.63) is 11.1 Å². The molecule has 0 unspecified atom stereocenters. The van der Waals surface area contributed by atoms with Crippen LogP contribution in [0.25, 0.3) is 0 Å². The van der Waals surface area contributed by atoms with E-state index in [-0.39, 0.29) is 11.3 Å².